The summed E-state index contributed by atoms with van der Waals surface area (Å²) in [5.74, 6) is -4.23. The summed E-state index contributed by atoms with van der Waals surface area (Å²) in [6, 6.07) is 12.6. The minimum atomic E-state index is -5.08. The number of primary amides is 1. The first kappa shape index (κ1) is 31.9. The van der Waals surface area contributed by atoms with Crippen molar-refractivity contribution < 1.29 is 42.6 Å². The molecule has 0 fully saturated rings. The maximum Gasteiger partial charge on any atom is 0.490 e. The van der Waals surface area contributed by atoms with E-state index in [0.717, 1.165) is 28.3 Å². The molecule has 1 heterocycles. The molecule has 2 amide bonds. The number of halogens is 3. The van der Waals surface area contributed by atoms with Gasteiger partial charge in [0.25, 0.3) is 5.91 Å². The van der Waals surface area contributed by atoms with Gasteiger partial charge in [-0.05, 0) is 67.1 Å². The molecule has 10 nitrogen and oxygen atoms in total. The standard InChI is InChI=1S/C14H15N3O3S.C10H11NO.C2HF3O2/c1-9-16-12(8-21-9)17(7-13(18)19)14(20)11-4-2-3-10(5-11)6-15;11-10(12)9-5-4-7-2-1-3-8(7)6-9;3-2(4,5)1(6)7/h2-5,8H,6-7,15H2,1H3,(H,18,19);4-6H,1-3H2,(H2,11,12);(H,6,7). The molecule has 0 aliphatic heterocycles. The minimum absolute atomic E-state index is 0.315. The van der Waals surface area contributed by atoms with Crippen LogP contribution in [-0.4, -0.2) is 51.7 Å². The summed E-state index contributed by atoms with van der Waals surface area (Å²) in [6.07, 6.45) is -1.64. The third kappa shape index (κ3) is 9.47. The summed E-state index contributed by atoms with van der Waals surface area (Å²) in [6.45, 7) is 1.68. The number of thiazole rings is 1. The maximum absolute atomic E-state index is 12.5. The van der Waals surface area contributed by atoms with Gasteiger partial charge in [0.05, 0.1) is 5.01 Å². The molecule has 1 aliphatic carbocycles. The van der Waals surface area contributed by atoms with E-state index in [1.807, 2.05) is 24.3 Å². The van der Waals surface area contributed by atoms with E-state index in [0.29, 0.717) is 23.5 Å². The van der Waals surface area contributed by atoms with Crippen molar-refractivity contribution in [1.82, 2.24) is 4.98 Å². The lowest BCUT2D eigenvalue weighted by atomic mass is 10.1. The summed E-state index contributed by atoms with van der Waals surface area (Å²) < 4.78 is 31.7. The fourth-order valence-electron chi connectivity index (χ4n) is 3.58. The largest absolute Gasteiger partial charge is 0.490 e. The highest BCUT2D eigenvalue weighted by Gasteiger charge is 2.38. The molecule has 0 atom stereocenters. The molecule has 14 heteroatoms. The van der Waals surface area contributed by atoms with E-state index in [1.54, 1.807) is 30.5 Å². The molecule has 4 rings (SSSR count). The van der Waals surface area contributed by atoms with E-state index in [2.05, 4.69) is 4.98 Å². The number of carboxylic acids is 2. The summed E-state index contributed by atoms with van der Waals surface area (Å²) in [5.41, 5.74) is 15.2. The van der Waals surface area contributed by atoms with Crippen molar-refractivity contribution in [2.24, 2.45) is 11.5 Å². The third-order valence-corrected chi connectivity index (χ3v) is 6.22. The lowest BCUT2D eigenvalue weighted by Gasteiger charge is -2.18. The number of fused-ring (bicyclic) bond motifs is 1. The molecular weight excluding hydrogens is 553 g/mol. The Bertz CT molecular complexity index is 1380. The highest BCUT2D eigenvalue weighted by atomic mass is 32.1. The predicted molar refractivity (Wildman–Crippen MR) is 141 cm³/mol. The van der Waals surface area contributed by atoms with Crippen LogP contribution in [-0.2, 0) is 29.0 Å². The van der Waals surface area contributed by atoms with Crippen molar-refractivity contribution in [2.45, 2.75) is 38.9 Å². The van der Waals surface area contributed by atoms with Crippen LogP contribution in [0.15, 0.2) is 47.8 Å². The number of aryl methyl sites for hydroxylation is 3. The second kappa shape index (κ2) is 14.2. The van der Waals surface area contributed by atoms with Gasteiger partial charge in [-0.25, -0.2) is 9.78 Å². The monoisotopic (exact) mass is 580 g/mol. The third-order valence-electron chi connectivity index (χ3n) is 5.46. The van der Waals surface area contributed by atoms with Gasteiger partial charge in [0.1, 0.15) is 12.4 Å². The average Bonchev–Trinajstić information content (AvgIpc) is 3.55. The van der Waals surface area contributed by atoms with Crippen molar-refractivity contribution in [1.29, 1.82) is 0 Å². The second-order valence-electron chi connectivity index (χ2n) is 8.42. The number of hydrogen-bond acceptors (Lipinski definition) is 7. The van der Waals surface area contributed by atoms with Crippen LogP contribution in [0, 0.1) is 6.92 Å². The molecule has 2 aromatic carbocycles. The van der Waals surface area contributed by atoms with Crippen molar-refractivity contribution in [3.05, 3.63) is 80.7 Å². The Labute approximate surface area is 231 Å². The van der Waals surface area contributed by atoms with Crippen molar-refractivity contribution in [2.75, 3.05) is 11.4 Å². The maximum atomic E-state index is 12.5. The van der Waals surface area contributed by atoms with Crippen molar-refractivity contribution in [3.63, 3.8) is 0 Å². The summed E-state index contributed by atoms with van der Waals surface area (Å²) in [7, 11) is 0. The number of nitrogens with zero attached hydrogens (tertiary/aromatic N) is 2. The van der Waals surface area contributed by atoms with Gasteiger partial charge in [0.2, 0.25) is 5.91 Å². The van der Waals surface area contributed by atoms with Gasteiger partial charge in [0, 0.05) is 23.1 Å². The van der Waals surface area contributed by atoms with E-state index >= 15 is 0 Å². The number of carbonyl (C=O) groups excluding carboxylic acids is 2. The highest BCUT2D eigenvalue weighted by molar-refractivity contribution is 7.09. The van der Waals surface area contributed by atoms with Crippen LogP contribution in [0.3, 0.4) is 0 Å². The molecule has 6 N–H and O–H groups in total. The van der Waals surface area contributed by atoms with Crippen LogP contribution < -0.4 is 16.4 Å². The van der Waals surface area contributed by atoms with E-state index in [1.165, 1.54) is 28.9 Å². The number of nitrogens with two attached hydrogens (primary N) is 2. The first-order valence-electron chi connectivity index (χ1n) is 11.7. The zero-order chi connectivity index (χ0) is 30.0. The average molecular weight is 581 g/mol. The normalized spacial score (nSPS) is 11.7. The molecule has 0 bridgehead atoms. The number of benzene rings is 2. The van der Waals surface area contributed by atoms with Crippen LogP contribution >= 0.6 is 11.3 Å². The quantitative estimate of drug-likeness (QED) is 0.342. The number of amides is 2. The lowest BCUT2D eigenvalue weighted by Crippen LogP contribution is -2.36. The zero-order valence-corrected chi connectivity index (χ0v) is 22.1. The second-order valence-corrected chi connectivity index (χ2v) is 9.48. The Morgan fingerprint density at radius 1 is 1.02 bits per heavy atom. The molecule has 0 unspecified atom stereocenters. The van der Waals surface area contributed by atoms with Gasteiger partial charge in [-0.1, -0.05) is 18.2 Å². The molecule has 0 saturated carbocycles. The van der Waals surface area contributed by atoms with Crippen molar-refractivity contribution >= 4 is 40.9 Å². The Hall–Kier alpha value is -4.30. The zero-order valence-electron chi connectivity index (χ0n) is 21.3. The highest BCUT2D eigenvalue weighted by Crippen LogP contribution is 2.23. The lowest BCUT2D eigenvalue weighted by molar-refractivity contribution is -0.192. The van der Waals surface area contributed by atoms with E-state index in [-0.39, 0.29) is 5.91 Å². The van der Waals surface area contributed by atoms with Crippen LogP contribution in [0.25, 0.3) is 0 Å². The molecule has 3 aromatic rings. The van der Waals surface area contributed by atoms with E-state index in [4.69, 9.17) is 26.5 Å². The van der Waals surface area contributed by atoms with Gasteiger partial charge in [-0.3, -0.25) is 19.3 Å². The van der Waals surface area contributed by atoms with E-state index < -0.39 is 30.6 Å². The summed E-state index contributed by atoms with van der Waals surface area (Å²) in [5, 5.41) is 18.6. The number of rotatable bonds is 6. The fraction of sp³-hybridized carbons (Fsp3) is 0.269. The SMILES string of the molecule is Cc1nc(N(CC(=O)O)C(=O)c2cccc(CN)c2)cs1.NC(=O)c1ccc2c(c1)CCC2.O=C(O)C(F)(F)F. The van der Waals surface area contributed by atoms with Crippen LogP contribution in [0.1, 0.15) is 48.8 Å². The number of carboxylic acid groups (broad SMARTS) is 2. The fourth-order valence-corrected chi connectivity index (χ4v) is 4.18. The molecule has 0 radical (unpaired) electrons. The number of anilines is 1. The molecule has 0 spiro atoms. The van der Waals surface area contributed by atoms with Gasteiger partial charge >= 0.3 is 18.1 Å². The van der Waals surface area contributed by atoms with Crippen LogP contribution in [0.5, 0.6) is 0 Å². The predicted octanol–water partition coefficient (Wildman–Crippen LogP) is 3.55. The molecule has 40 heavy (non-hydrogen) atoms. The molecule has 0 saturated heterocycles. The number of aromatic nitrogens is 1. The molecule has 214 valence electrons. The van der Waals surface area contributed by atoms with Crippen molar-refractivity contribution in [3.8, 4) is 0 Å². The summed E-state index contributed by atoms with van der Waals surface area (Å²) >= 11 is 1.36. The summed E-state index contributed by atoms with van der Waals surface area (Å²) in [4.78, 5) is 48.6. The Kier molecular flexibility index (Phi) is 11.3. The number of aliphatic carboxylic acids is 2. The molecular formula is C26H27F3N4O6S. The van der Waals surface area contributed by atoms with Gasteiger partial charge in [-0.15, -0.1) is 11.3 Å². The number of carbonyl (C=O) groups is 4. The Morgan fingerprint density at radius 2 is 1.68 bits per heavy atom. The molecule has 1 aromatic heterocycles. The van der Waals surface area contributed by atoms with Gasteiger partial charge in [0.15, 0.2) is 0 Å². The minimum Gasteiger partial charge on any atom is -0.480 e. The Morgan fingerprint density at radius 3 is 2.20 bits per heavy atom. The topological polar surface area (TPSA) is 177 Å². The number of hydrogen-bond donors (Lipinski definition) is 4. The smallest absolute Gasteiger partial charge is 0.480 e. The van der Waals surface area contributed by atoms with Crippen LogP contribution in [0.2, 0.25) is 0 Å². The first-order valence-corrected chi connectivity index (χ1v) is 12.6. The van der Waals surface area contributed by atoms with E-state index in [9.17, 15) is 27.6 Å². The van der Waals surface area contributed by atoms with Crippen LogP contribution in [0.4, 0.5) is 19.0 Å². The molecule has 1 aliphatic rings. The first-order chi connectivity index (χ1) is 18.7. The Balaban J connectivity index is 0.000000247. The van der Waals surface area contributed by atoms with Gasteiger partial charge < -0.3 is 21.7 Å². The number of alkyl halides is 3. The van der Waals surface area contributed by atoms with Gasteiger partial charge in [-0.2, -0.15) is 13.2 Å².